The van der Waals surface area contributed by atoms with Gasteiger partial charge in [-0.25, -0.2) is 17.2 Å². The number of halogens is 2. The van der Waals surface area contributed by atoms with Crippen LogP contribution in [0.5, 0.6) is 0 Å². The van der Waals surface area contributed by atoms with Crippen molar-refractivity contribution in [2.24, 2.45) is 0 Å². The van der Waals surface area contributed by atoms with Gasteiger partial charge in [0.15, 0.2) is 5.82 Å². The number of anilines is 1. The second kappa shape index (κ2) is 5.73. The Morgan fingerprint density at radius 1 is 1.36 bits per heavy atom. The summed E-state index contributed by atoms with van der Waals surface area (Å²) in [6.45, 7) is 3.60. The molecule has 1 aromatic carbocycles. The molecule has 0 atom stereocenters. The molecule has 1 heterocycles. The minimum atomic E-state index is -4.32. The first kappa shape index (κ1) is 15.9. The number of nitrogens with one attached hydrogen (secondary N) is 1. The van der Waals surface area contributed by atoms with Crippen LogP contribution in [0.1, 0.15) is 25.5 Å². The maximum absolute atomic E-state index is 13.6. The molecule has 6 nitrogen and oxygen atoms in total. The zero-order chi connectivity index (χ0) is 16.5. The summed E-state index contributed by atoms with van der Waals surface area (Å²) in [6, 6.07) is 3.81. The van der Waals surface area contributed by atoms with Crippen LogP contribution in [0.2, 0.25) is 0 Å². The average molecular weight is 326 g/mol. The van der Waals surface area contributed by atoms with Crippen LogP contribution in [0.3, 0.4) is 0 Å². The molecule has 0 saturated heterocycles. The molecular formula is C13H12F2N4O2S. The fourth-order valence-corrected chi connectivity index (χ4v) is 2.77. The van der Waals surface area contributed by atoms with Crippen LogP contribution in [-0.4, -0.2) is 18.2 Å². The lowest BCUT2D eigenvalue weighted by atomic mass is 10.3. The first-order valence-electron chi connectivity index (χ1n) is 6.21. The van der Waals surface area contributed by atoms with E-state index in [0.717, 1.165) is 12.1 Å². The van der Waals surface area contributed by atoms with Crippen molar-refractivity contribution in [1.82, 2.24) is 9.78 Å². The summed E-state index contributed by atoms with van der Waals surface area (Å²) in [4.78, 5) is -0.725. The van der Waals surface area contributed by atoms with Crippen LogP contribution in [0, 0.1) is 23.0 Å². The Hall–Kier alpha value is -2.47. The van der Waals surface area contributed by atoms with Crippen molar-refractivity contribution in [3.05, 3.63) is 41.6 Å². The highest BCUT2D eigenvalue weighted by molar-refractivity contribution is 7.92. The highest BCUT2D eigenvalue weighted by Crippen LogP contribution is 2.22. The Labute approximate surface area is 126 Å². The van der Waals surface area contributed by atoms with Gasteiger partial charge in [-0.15, -0.1) is 0 Å². The van der Waals surface area contributed by atoms with Crippen LogP contribution < -0.4 is 4.72 Å². The Morgan fingerprint density at radius 3 is 2.59 bits per heavy atom. The van der Waals surface area contributed by atoms with Gasteiger partial charge in [-0.05, 0) is 26.0 Å². The summed E-state index contributed by atoms with van der Waals surface area (Å²) in [7, 11) is -4.32. The van der Waals surface area contributed by atoms with Crippen LogP contribution in [0.15, 0.2) is 29.3 Å². The van der Waals surface area contributed by atoms with Gasteiger partial charge in [0.2, 0.25) is 0 Å². The van der Waals surface area contributed by atoms with Crippen molar-refractivity contribution in [3.63, 3.8) is 0 Å². The lowest BCUT2D eigenvalue weighted by Gasteiger charge is -2.07. The molecule has 9 heteroatoms. The molecule has 116 valence electrons. The molecule has 1 aromatic heterocycles. The molecule has 2 aromatic rings. The third-order valence-electron chi connectivity index (χ3n) is 2.80. The third-order valence-corrected chi connectivity index (χ3v) is 4.17. The van der Waals surface area contributed by atoms with Crippen molar-refractivity contribution in [2.45, 2.75) is 24.8 Å². The van der Waals surface area contributed by atoms with E-state index in [0.29, 0.717) is 6.07 Å². The number of nitrogens with zero attached hydrogens (tertiary/aromatic N) is 3. The molecule has 0 bridgehead atoms. The maximum Gasteiger partial charge on any atom is 0.266 e. The highest BCUT2D eigenvalue weighted by Gasteiger charge is 2.23. The molecule has 0 spiro atoms. The summed E-state index contributed by atoms with van der Waals surface area (Å²) in [5.41, 5.74) is -0.000190. The smallest absolute Gasteiger partial charge is 0.266 e. The summed E-state index contributed by atoms with van der Waals surface area (Å²) in [5.74, 6) is -2.33. The zero-order valence-electron chi connectivity index (χ0n) is 11.7. The van der Waals surface area contributed by atoms with Crippen molar-refractivity contribution in [1.29, 1.82) is 5.26 Å². The predicted octanol–water partition coefficient (Wildman–Crippen LogP) is 2.41. The standard InChI is InChI=1S/C13H12F2N4O2S/c1-8(2)19-7-9(6-16)13(17-19)18-22(20,21)12-4-3-10(14)5-11(12)15/h3-5,7-8H,1-2H3,(H,17,18). The Bertz CT molecular complexity index is 853. The van der Waals surface area contributed by atoms with Crippen LogP contribution in [-0.2, 0) is 10.0 Å². The number of aromatic nitrogens is 2. The van der Waals surface area contributed by atoms with E-state index in [2.05, 4.69) is 5.10 Å². The molecular weight excluding hydrogens is 314 g/mol. The van der Waals surface area contributed by atoms with Gasteiger partial charge in [-0.2, -0.15) is 10.4 Å². The van der Waals surface area contributed by atoms with Crippen molar-refractivity contribution in [2.75, 3.05) is 4.72 Å². The summed E-state index contributed by atoms with van der Waals surface area (Å²) in [6.07, 6.45) is 1.38. The molecule has 0 aliphatic carbocycles. The van der Waals surface area contributed by atoms with Crippen LogP contribution in [0.4, 0.5) is 14.6 Å². The van der Waals surface area contributed by atoms with Crippen molar-refractivity contribution in [3.8, 4) is 6.07 Å². The van der Waals surface area contributed by atoms with Gasteiger partial charge in [0.05, 0.1) is 0 Å². The lowest BCUT2D eigenvalue weighted by molar-refractivity contribution is 0.533. The quantitative estimate of drug-likeness (QED) is 0.934. The molecule has 0 aliphatic rings. The summed E-state index contributed by atoms with van der Waals surface area (Å²) >= 11 is 0. The third kappa shape index (κ3) is 3.07. The molecule has 0 amide bonds. The summed E-state index contributed by atoms with van der Waals surface area (Å²) < 4.78 is 54.2. The maximum atomic E-state index is 13.6. The second-order valence-electron chi connectivity index (χ2n) is 4.76. The van der Waals surface area contributed by atoms with Crippen LogP contribution in [0.25, 0.3) is 0 Å². The van der Waals surface area contributed by atoms with E-state index in [4.69, 9.17) is 5.26 Å². The minimum absolute atomic E-state index is 0.000190. The molecule has 0 saturated carbocycles. The fourth-order valence-electron chi connectivity index (χ4n) is 1.69. The van der Waals surface area contributed by atoms with Crippen LogP contribution >= 0.6 is 0 Å². The first-order chi connectivity index (χ1) is 10.2. The average Bonchev–Trinajstić information content (AvgIpc) is 2.80. The molecule has 2 rings (SSSR count). The number of hydrogen-bond acceptors (Lipinski definition) is 4. The monoisotopic (exact) mass is 326 g/mol. The highest BCUT2D eigenvalue weighted by atomic mass is 32.2. The van der Waals surface area contributed by atoms with Crippen molar-refractivity contribution < 1.29 is 17.2 Å². The van der Waals surface area contributed by atoms with Gasteiger partial charge in [-0.3, -0.25) is 9.40 Å². The fraction of sp³-hybridized carbons (Fsp3) is 0.231. The largest absolute Gasteiger partial charge is 0.267 e. The molecule has 0 unspecified atom stereocenters. The number of benzene rings is 1. The normalized spacial score (nSPS) is 11.5. The molecule has 0 radical (unpaired) electrons. The van der Waals surface area contributed by atoms with E-state index in [1.165, 1.54) is 10.9 Å². The van der Waals surface area contributed by atoms with Gasteiger partial charge in [0.25, 0.3) is 10.0 Å². The zero-order valence-corrected chi connectivity index (χ0v) is 12.5. The topological polar surface area (TPSA) is 87.8 Å². The van der Waals surface area contributed by atoms with Gasteiger partial charge in [0.1, 0.15) is 28.2 Å². The number of nitriles is 1. The van der Waals surface area contributed by atoms with E-state index in [1.54, 1.807) is 19.9 Å². The van der Waals surface area contributed by atoms with E-state index in [9.17, 15) is 17.2 Å². The van der Waals surface area contributed by atoms with E-state index >= 15 is 0 Å². The predicted molar refractivity (Wildman–Crippen MR) is 74.5 cm³/mol. The lowest BCUT2D eigenvalue weighted by Crippen LogP contribution is -2.16. The van der Waals surface area contributed by atoms with Gasteiger partial charge >= 0.3 is 0 Å². The Balaban J connectivity index is 2.43. The summed E-state index contributed by atoms with van der Waals surface area (Å²) in [5, 5.41) is 13.0. The molecule has 0 aliphatic heterocycles. The molecule has 0 fully saturated rings. The first-order valence-corrected chi connectivity index (χ1v) is 7.70. The van der Waals surface area contributed by atoms with Gasteiger partial charge in [0, 0.05) is 18.3 Å². The van der Waals surface area contributed by atoms with Gasteiger partial charge in [-0.1, -0.05) is 0 Å². The van der Waals surface area contributed by atoms with Crippen molar-refractivity contribution >= 4 is 15.8 Å². The molecule has 22 heavy (non-hydrogen) atoms. The second-order valence-corrected chi connectivity index (χ2v) is 6.41. The molecule has 1 N–H and O–H groups in total. The number of hydrogen-bond donors (Lipinski definition) is 1. The number of sulfonamides is 1. The minimum Gasteiger partial charge on any atom is -0.267 e. The number of rotatable bonds is 4. The Kier molecular flexibility index (Phi) is 4.14. The van der Waals surface area contributed by atoms with Gasteiger partial charge < -0.3 is 0 Å². The van der Waals surface area contributed by atoms with E-state index < -0.39 is 26.6 Å². The SMILES string of the molecule is CC(C)n1cc(C#N)c(NS(=O)(=O)c2ccc(F)cc2F)n1. The van der Waals surface area contributed by atoms with E-state index in [-0.39, 0.29) is 17.4 Å². The Morgan fingerprint density at radius 2 is 2.05 bits per heavy atom. The van der Waals surface area contributed by atoms with E-state index in [1.807, 2.05) is 4.72 Å².